The van der Waals surface area contributed by atoms with Crippen molar-refractivity contribution in [3.8, 4) is 24.3 Å². The summed E-state index contributed by atoms with van der Waals surface area (Å²) in [6.07, 6.45) is 1.64. The van der Waals surface area contributed by atoms with Crippen molar-refractivity contribution in [2.45, 2.75) is 0 Å². The van der Waals surface area contributed by atoms with Crippen molar-refractivity contribution >= 4 is 17.0 Å². The molecule has 0 fully saturated rings. The molecule has 0 atom stereocenters. The average Bonchev–Trinajstić information content (AvgIpc) is 2.65. The molecule has 0 heterocycles. The summed E-state index contributed by atoms with van der Waals surface area (Å²) in [6.45, 7) is 7.00. The van der Waals surface area contributed by atoms with Crippen LogP contribution in [0.4, 0.5) is 0 Å². The topological polar surface area (TPSA) is 86.0 Å². The van der Waals surface area contributed by atoms with Gasteiger partial charge < -0.3 is 5.84 Å². The molecule has 3 rings (SSSR count). The summed E-state index contributed by atoms with van der Waals surface area (Å²) in [4.78, 5) is 0. The highest BCUT2D eigenvalue weighted by Crippen LogP contribution is 2.24. The van der Waals surface area contributed by atoms with Crippen molar-refractivity contribution in [3.63, 3.8) is 0 Å². The number of rotatable bonds is 2. The number of hydrogen-bond donors (Lipinski definition) is 1. The second-order valence-electron chi connectivity index (χ2n) is 4.46. The van der Waals surface area contributed by atoms with E-state index in [4.69, 9.17) is 16.4 Å². The van der Waals surface area contributed by atoms with Crippen molar-refractivity contribution in [1.29, 1.82) is 10.5 Å². The molecule has 0 saturated heterocycles. The lowest BCUT2D eigenvalue weighted by Gasteiger charge is -2.04. The number of benzene rings is 3. The summed E-state index contributed by atoms with van der Waals surface area (Å²) >= 11 is 0. The molecule has 0 aliphatic heterocycles. The summed E-state index contributed by atoms with van der Waals surface area (Å²) in [5, 5.41) is 19.0. The molecule has 23 heavy (non-hydrogen) atoms. The molecular weight excluding hydrogens is 284 g/mol. The molecule has 0 spiro atoms. The smallest absolute Gasteiger partial charge is 0.0538 e. The van der Waals surface area contributed by atoms with Gasteiger partial charge in [-0.15, -0.1) is 0 Å². The first kappa shape index (κ1) is 17.4. The van der Waals surface area contributed by atoms with Crippen LogP contribution in [-0.2, 0) is 0 Å². The maximum Gasteiger partial charge on any atom is 0.0538 e. The van der Waals surface area contributed by atoms with Crippen LogP contribution in [0.3, 0.4) is 0 Å². The van der Waals surface area contributed by atoms with Crippen LogP contribution in [0.5, 0.6) is 0 Å². The highest BCUT2D eigenvalue weighted by Gasteiger charge is 1.99. The fraction of sp³-hybridized carbons (Fsp3) is 0. The number of nitriles is 2. The largest absolute Gasteiger partial charge is 0.323 e. The van der Waals surface area contributed by atoms with Crippen molar-refractivity contribution in [3.05, 3.63) is 72.3 Å². The van der Waals surface area contributed by atoms with Gasteiger partial charge in [0.05, 0.1) is 6.21 Å². The quantitative estimate of drug-likeness (QED) is 0.439. The molecule has 3 aromatic carbocycles. The van der Waals surface area contributed by atoms with Crippen LogP contribution >= 0.6 is 0 Å². The number of hydrazone groups is 1. The second kappa shape index (κ2) is 9.33. The van der Waals surface area contributed by atoms with Crippen LogP contribution in [0.25, 0.3) is 21.9 Å². The highest BCUT2D eigenvalue weighted by molar-refractivity contribution is 5.88. The lowest BCUT2D eigenvalue weighted by Crippen LogP contribution is -1.86. The average molecular weight is 300 g/mol. The van der Waals surface area contributed by atoms with Gasteiger partial charge in [0.15, 0.2) is 0 Å². The molecule has 112 valence electrons. The number of fused-ring (bicyclic) bond motifs is 1. The Kier molecular flexibility index (Phi) is 7.07. The highest BCUT2D eigenvalue weighted by atomic mass is 15.1. The zero-order valence-corrected chi connectivity index (χ0v) is 12.5. The van der Waals surface area contributed by atoms with E-state index in [1.54, 1.807) is 6.21 Å². The van der Waals surface area contributed by atoms with Gasteiger partial charge in [-0.3, -0.25) is 0 Å². The number of nitrogens with two attached hydrogens (primary N) is 1. The third kappa shape index (κ3) is 4.42. The third-order valence-electron chi connectivity index (χ3n) is 3.22. The van der Waals surface area contributed by atoms with E-state index in [2.05, 4.69) is 72.8 Å². The first-order chi connectivity index (χ1) is 11.4. The van der Waals surface area contributed by atoms with Crippen molar-refractivity contribution in [2.75, 3.05) is 0 Å². The molecule has 3 aromatic rings. The zero-order valence-electron chi connectivity index (χ0n) is 12.5. The minimum absolute atomic E-state index is 1.01. The van der Waals surface area contributed by atoms with Gasteiger partial charge in [-0.25, -0.2) is 10.5 Å². The molecular formula is C19H16N4. The molecule has 4 nitrogen and oxygen atoms in total. The van der Waals surface area contributed by atoms with Gasteiger partial charge in [-0.1, -0.05) is 60.7 Å². The first-order valence-electron chi connectivity index (χ1n) is 6.71. The van der Waals surface area contributed by atoms with Crippen molar-refractivity contribution in [2.24, 2.45) is 10.9 Å². The Labute approximate surface area is 135 Å². The van der Waals surface area contributed by atoms with Gasteiger partial charge in [0.1, 0.15) is 0 Å². The van der Waals surface area contributed by atoms with Gasteiger partial charge in [0.25, 0.3) is 0 Å². The standard InChI is InChI=1S/C17H14N2.2CHN/c18-19-12-13-5-7-15(8-6-13)17-10-9-14-3-1-2-4-16(14)11-17;2*1-2/h1-12H,18H2;2*1H. The van der Waals surface area contributed by atoms with Crippen LogP contribution in [0, 0.1) is 23.7 Å². The molecule has 0 aliphatic rings. The monoisotopic (exact) mass is 300 g/mol. The van der Waals surface area contributed by atoms with Gasteiger partial charge in [0.2, 0.25) is 0 Å². The SMILES string of the molecule is C#N.C#N.NN=Cc1ccc(-c2ccc3ccccc3c2)cc1. The summed E-state index contributed by atoms with van der Waals surface area (Å²) in [7, 11) is 0. The van der Waals surface area contributed by atoms with E-state index in [1.807, 2.05) is 12.1 Å². The zero-order chi connectivity index (χ0) is 17.1. The van der Waals surface area contributed by atoms with Crippen LogP contribution < -0.4 is 5.84 Å². The molecule has 0 unspecified atom stereocenters. The van der Waals surface area contributed by atoms with Crippen molar-refractivity contribution < 1.29 is 0 Å². The molecule has 2 N–H and O–H groups in total. The molecule has 0 bridgehead atoms. The Morgan fingerprint density at radius 2 is 1.30 bits per heavy atom. The lowest BCUT2D eigenvalue weighted by molar-refractivity contribution is 1.26. The second-order valence-corrected chi connectivity index (χ2v) is 4.46. The van der Waals surface area contributed by atoms with Gasteiger partial charge in [-0.2, -0.15) is 5.10 Å². The summed E-state index contributed by atoms with van der Waals surface area (Å²) in [5.41, 5.74) is 3.42. The Balaban J connectivity index is 0.000000615. The van der Waals surface area contributed by atoms with Crippen LogP contribution in [-0.4, -0.2) is 6.21 Å². The lowest BCUT2D eigenvalue weighted by atomic mass is 10.0. The van der Waals surface area contributed by atoms with Crippen LogP contribution in [0.1, 0.15) is 5.56 Å². The molecule has 0 aliphatic carbocycles. The molecule has 0 amide bonds. The van der Waals surface area contributed by atoms with E-state index in [1.165, 1.54) is 21.9 Å². The van der Waals surface area contributed by atoms with Gasteiger partial charge >= 0.3 is 0 Å². The molecule has 0 aromatic heterocycles. The Morgan fingerprint density at radius 3 is 1.91 bits per heavy atom. The normalized spacial score (nSPS) is 9.39. The minimum atomic E-state index is 1.01. The predicted molar refractivity (Wildman–Crippen MR) is 94.5 cm³/mol. The van der Waals surface area contributed by atoms with E-state index in [0.29, 0.717) is 0 Å². The van der Waals surface area contributed by atoms with E-state index >= 15 is 0 Å². The maximum absolute atomic E-state index is 6.50. The molecule has 0 radical (unpaired) electrons. The van der Waals surface area contributed by atoms with Crippen LogP contribution in [0.2, 0.25) is 0 Å². The van der Waals surface area contributed by atoms with E-state index < -0.39 is 0 Å². The fourth-order valence-corrected chi connectivity index (χ4v) is 2.22. The third-order valence-corrected chi connectivity index (χ3v) is 3.22. The summed E-state index contributed by atoms with van der Waals surface area (Å²) in [6, 6.07) is 23.1. The van der Waals surface area contributed by atoms with E-state index in [0.717, 1.165) is 5.56 Å². The Bertz CT molecular complexity index is 809. The predicted octanol–water partition coefficient (Wildman–Crippen LogP) is 4.08. The summed E-state index contributed by atoms with van der Waals surface area (Å²) in [5.74, 6) is 5.14. The number of nitrogens with zero attached hydrogens (tertiary/aromatic N) is 3. The summed E-state index contributed by atoms with van der Waals surface area (Å²) < 4.78 is 0. The van der Waals surface area contributed by atoms with Crippen LogP contribution in [0.15, 0.2) is 71.8 Å². The number of hydrogen-bond acceptors (Lipinski definition) is 4. The Morgan fingerprint density at radius 1 is 0.739 bits per heavy atom. The minimum Gasteiger partial charge on any atom is -0.323 e. The molecule has 4 heteroatoms. The fourth-order valence-electron chi connectivity index (χ4n) is 2.22. The van der Waals surface area contributed by atoms with E-state index in [9.17, 15) is 0 Å². The van der Waals surface area contributed by atoms with Gasteiger partial charge in [-0.05, 0) is 33.5 Å². The molecule has 0 saturated carbocycles. The Hall–Kier alpha value is -3.63. The van der Waals surface area contributed by atoms with Crippen molar-refractivity contribution in [1.82, 2.24) is 0 Å². The van der Waals surface area contributed by atoms with E-state index in [-0.39, 0.29) is 0 Å². The van der Waals surface area contributed by atoms with Gasteiger partial charge in [0, 0.05) is 13.1 Å². The maximum atomic E-state index is 6.50. The first-order valence-corrected chi connectivity index (χ1v) is 6.71.